The van der Waals surface area contributed by atoms with Gasteiger partial charge in [-0.3, -0.25) is 14.4 Å². The summed E-state index contributed by atoms with van der Waals surface area (Å²) < 4.78 is 18.7. The van der Waals surface area contributed by atoms with Crippen molar-refractivity contribution in [2.24, 2.45) is 5.41 Å². The molecule has 8 nitrogen and oxygen atoms in total. The number of methoxy groups -OCH3 is 3. The second kappa shape index (κ2) is 9.72. The summed E-state index contributed by atoms with van der Waals surface area (Å²) in [5.41, 5.74) is -2.32. The Hall–Kier alpha value is -2.87. The molecule has 27 heavy (non-hydrogen) atoms. The maximum absolute atomic E-state index is 12.2. The highest BCUT2D eigenvalue weighted by atomic mass is 35.5. The Balaban J connectivity index is 3.03. The summed E-state index contributed by atoms with van der Waals surface area (Å²) in [5.74, 6) is -4.68. The van der Waals surface area contributed by atoms with Gasteiger partial charge in [0.2, 0.25) is 0 Å². The standard InChI is InChI=1S/C18H19ClO8/c1-11(14(20)27-10-12-7-5-6-8-13(12)19)9-18(15(21)24-2,16(22)25-3)17(23)26-4/h5-8H,1,9-10H2,2-4H3. The maximum atomic E-state index is 12.2. The Morgan fingerprint density at radius 2 is 1.44 bits per heavy atom. The van der Waals surface area contributed by atoms with Gasteiger partial charge in [0.15, 0.2) is 0 Å². The van der Waals surface area contributed by atoms with Crippen LogP contribution >= 0.6 is 11.6 Å². The molecule has 0 saturated carbocycles. The molecule has 0 aliphatic rings. The molecule has 0 spiro atoms. The Morgan fingerprint density at radius 1 is 0.963 bits per heavy atom. The molecular weight excluding hydrogens is 380 g/mol. The third-order valence-corrected chi connectivity index (χ3v) is 4.05. The number of rotatable bonds is 8. The molecule has 0 atom stereocenters. The zero-order valence-electron chi connectivity index (χ0n) is 15.1. The first-order valence-corrected chi connectivity index (χ1v) is 7.95. The lowest BCUT2D eigenvalue weighted by Crippen LogP contribution is -2.49. The number of hydrogen-bond acceptors (Lipinski definition) is 8. The van der Waals surface area contributed by atoms with Crippen molar-refractivity contribution in [1.29, 1.82) is 0 Å². The van der Waals surface area contributed by atoms with Gasteiger partial charge in [-0.1, -0.05) is 36.4 Å². The second-order valence-electron chi connectivity index (χ2n) is 5.33. The van der Waals surface area contributed by atoms with E-state index in [2.05, 4.69) is 20.8 Å². The highest BCUT2D eigenvalue weighted by Crippen LogP contribution is 2.32. The Kier molecular flexibility index (Phi) is 7.99. The lowest BCUT2D eigenvalue weighted by molar-refractivity contribution is -0.180. The fraction of sp³-hybridized carbons (Fsp3) is 0.333. The van der Waals surface area contributed by atoms with E-state index in [1.54, 1.807) is 24.3 Å². The van der Waals surface area contributed by atoms with Crippen LogP contribution in [0.5, 0.6) is 0 Å². The highest BCUT2D eigenvalue weighted by Gasteiger charge is 2.57. The molecule has 0 aromatic heterocycles. The van der Waals surface area contributed by atoms with Crippen molar-refractivity contribution in [3.63, 3.8) is 0 Å². The number of hydrogen-bond donors (Lipinski definition) is 0. The lowest BCUT2D eigenvalue weighted by Gasteiger charge is -2.25. The minimum atomic E-state index is -2.53. The third-order valence-electron chi connectivity index (χ3n) is 3.69. The first-order chi connectivity index (χ1) is 12.7. The molecule has 0 radical (unpaired) electrons. The van der Waals surface area contributed by atoms with Crippen LogP contribution < -0.4 is 0 Å². The number of carbonyl (C=O) groups excluding carboxylic acids is 4. The molecule has 146 valence electrons. The van der Waals surface area contributed by atoms with E-state index in [0.717, 1.165) is 21.3 Å². The Labute approximate surface area is 161 Å². The van der Waals surface area contributed by atoms with Crippen LogP contribution in [0.4, 0.5) is 0 Å². The zero-order valence-corrected chi connectivity index (χ0v) is 15.8. The fourth-order valence-corrected chi connectivity index (χ4v) is 2.43. The number of esters is 4. The largest absolute Gasteiger partial charge is 0.468 e. The molecule has 9 heteroatoms. The number of carbonyl (C=O) groups is 4. The summed E-state index contributed by atoms with van der Waals surface area (Å²) in [6.45, 7) is 3.33. The number of halogens is 1. The molecule has 0 aliphatic heterocycles. The van der Waals surface area contributed by atoms with Gasteiger partial charge in [-0.25, -0.2) is 4.79 Å². The Morgan fingerprint density at radius 3 is 1.89 bits per heavy atom. The van der Waals surface area contributed by atoms with Gasteiger partial charge in [-0.2, -0.15) is 0 Å². The summed E-state index contributed by atoms with van der Waals surface area (Å²) in [4.78, 5) is 48.8. The van der Waals surface area contributed by atoms with Crippen LogP contribution in [0.25, 0.3) is 0 Å². The van der Waals surface area contributed by atoms with Crippen molar-refractivity contribution in [2.45, 2.75) is 13.0 Å². The molecule has 0 amide bonds. The second-order valence-corrected chi connectivity index (χ2v) is 5.74. The predicted octanol–water partition coefficient (Wildman–Crippen LogP) is 1.83. The van der Waals surface area contributed by atoms with E-state index >= 15 is 0 Å². The first-order valence-electron chi connectivity index (χ1n) is 7.58. The van der Waals surface area contributed by atoms with Gasteiger partial charge in [0, 0.05) is 22.6 Å². The molecule has 0 unspecified atom stereocenters. The van der Waals surface area contributed by atoms with Crippen LogP contribution in [0.15, 0.2) is 36.4 Å². The topological polar surface area (TPSA) is 105 Å². The summed E-state index contributed by atoms with van der Waals surface area (Å²) in [5, 5.41) is 0.393. The molecule has 1 aromatic carbocycles. The van der Waals surface area contributed by atoms with Crippen LogP contribution in [0, 0.1) is 5.41 Å². The van der Waals surface area contributed by atoms with Crippen LogP contribution in [-0.4, -0.2) is 45.2 Å². The monoisotopic (exact) mass is 398 g/mol. The molecule has 0 aliphatic carbocycles. The summed E-state index contributed by atoms with van der Waals surface area (Å²) in [7, 11) is 2.92. The fourth-order valence-electron chi connectivity index (χ4n) is 2.24. The van der Waals surface area contributed by atoms with Crippen molar-refractivity contribution in [2.75, 3.05) is 21.3 Å². The van der Waals surface area contributed by atoms with Crippen molar-refractivity contribution >= 4 is 35.5 Å². The molecule has 1 rings (SSSR count). The predicted molar refractivity (Wildman–Crippen MR) is 93.5 cm³/mol. The zero-order chi connectivity index (χ0) is 20.6. The van der Waals surface area contributed by atoms with Gasteiger partial charge >= 0.3 is 23.9 Å². The quantitative estimate of drug-likeness (QED) is 0.282. The van der Waals surface area contributed by atoms with E-state index in [0.29, 0.717) is 10.6 Å². The number of ether oxygens (including phenoxy) is 4. The van der Waals surface area contributed by atoms with E-state index in [1.165, 1.54) is 0 Å². The molecule has 0 N–H and O–H groups in total. The third kappa shape index (κ3) is 4.85. The first kappa shape index (κ1) is 22.2. The van der Waals surface area contributed by atoms with Crippen LogP contribution in [0.1, 0.15) is 12.0 Å². The van der Waals surface area contributed by atoms with Crippen molar-refractivity contribution < 1.29 is 38.1 Å². The van der Waals surface area contributed by atoms with Gasteiger partial charge < -0.3 is 18.9 Å². The van der Waals surface area contributed by atoms with Crippen molar-refractivity contribution in [3.05, 3.63) is 47.0 Å². The SMILES string of the molecule is C=C(CC(C(=O)OC)(C(=O)OC)C(=O)OC)C(=O)OCc1ccccc1Cl. The van der Waals surface area contributed by atoms with E-state index in [-0.39, 0.29) is 12.2 Å². The molecule has 1 aromatic rings. The number of benzene rings is 1. The lowest BCUT2D eigenvalue weighted by atomic mass is 9.81. The van der Waals surface area contributed by atoms with Crippen LogP contribution in [0.3, 0.4) is 0 Å². The minimum absolute atomic E-state index is 0.167. The maximum Gasteiger partial charge on any atom is 0.335 e. The minimum Gasteiger partial charge on any atom is -0.468 e. The van der Waals surface area contributed by atoms with E-state index in [4.69, 9.17) is 16.3 Å². The normalized spacial score (nSPS) is 10.5. The smallest absolute Gasteiger partial charge is 0.335 e. The Bertz CT molecular complexity index is 715. The molecule has 0 bridgehead atoms. The van der Waals surface area contributed by atoms with Gasteiger partial charge in [-0.15, -0.1) is 0 Å². The summed E-state index contributed by atoms with van der Waals surface area (Å²) >= 11 is 5.98. The molecule has 0 fully saturated rings. The average Bonchev–Trinajstić information content (AvgIpc) is 2.68. The van der Waals surface area contributed by atoms with E-state index < -0.39 is 35.7 Å². The molecular formula is C18H19ClO8. The summed E-state index contributed by atoms with van der Waals surface area (Å²) in [6.07, 6.45) is -0.736. The van der Waals surface area contributed by atoms with Gasteiger partial charge in [-0.05, 0) is 6.07 Å². The highest BCUT2D eigenvalue weighted by molar-refractivity contribution is 6.31. The van der Waals surface area contributed by atoms with Gasteiger partial charge in [0.05, 0.1) is 21.3 Å². The van der Waals surface area contributed by atoms with E-state index in [1.807, 2.05) is 0 Å². The summed E-state index contributed by atoms with van der Waals surface area (Å²) in [6, 6.07) is 6.70. The van der Waals surface area contributed by atoms with Gasteiger partial charge in [0.25, 0.3) is 5.41 Å². The van der Waals surface area contributed by atoms with Crippen LogP contribution in [-0.2, 0) is 44.7 Å². The van der Waals surface area contributed by atoms with Crippen LogP contribution in [0.2, 0.25) is 5.02 Å². The molecule has 0 heterocycles. The van der Waals surface area contributed by atoms with Gasteiger partial charge in [0.1, 0.15) is 6.61 Å². The molecule has 0 saturated heterocycles. The average molecular weight is 399 g/mol. The van der Waals surface area contributed by atoms with Crippen molar-refractivity contribution in [3.8, 4) is 0 Å². The van der Waals surface area contributed by atoms with E-state index in [9.17, 15) is 19.2 Å². The van der Waals surface area contributed by atoms with Crippen molar-refractivity contribution in [1.82, 2.24) is 0 Å².